The van der Waals surface area contributed by atoms with Gasteiger partial charge >= 0.3 is 0 Å². The van der Waals surface area contributed by atoms with Gasteiger partial charge in [-0.1, -0.05) is 0 Å². The van der Waals surface area contributed by atoms with Crippen LogP contribution < -0.4 is 11.3 Å². The van der Waals surface area contributed by atoms with E-state index in [4.69, 9.17) is 15.3 Å². The molecule has 0 radical (unpaired) electrons. The number of hydrazine groups is 1. The molecule has 2 aliphatic rings. The Labute approximate surface area is 91.5 Å². The van der Waals surface area contributed by atoms with Gasteiger partial charge in [0.2, 0.25) is 0 Å². The van der Waals surface area contributed by atoms with E-state index >= 15 is 0 Å². The van der Waals surface area contributed by atoms with Crippen molar-refractivity contribution in [2.45, 2.75) is 44.2 Å². The fourth-order valence-electron chi connectivity index (χ4n) is 2.72. The molecule has 2 atom stereocenters. The smallest absolute Gasteiger partial charge is 0.0729 e. The van der Waals surface area contributed by atoms with E-state index in [1.54, 1.807) is 0 Å². The van der Waals surface area contributed by atoms with Gasteiger partial charge in [-0.15, -0.1) is 0 Å². The lowest BCUT2D eigenvalue weighted by atomic mass is 9.78. The zero-order chi connectivity index (χ0) is 10.7. The molecule has 3 N–H and O–H groups in total. The summed E-state index contributed by atoms with van der Waals surface area (Å²) in [5.41, 5.74) is 2.96. The topological polar surface area (TPSA) is 56.5 Å². The first-order valence-corrected chi connectivity index (χ1v) is 5.94. The Bertz CT molecular complexity index is 199. The third kappa shape index (κ3) is 2.50. The van der Waals surface area contributed by atoms with Crippen LogP contribution in [0.3, 0.4) is 0 Å². The second-order valence-corrected chi connectivity index (χ2v) is 4.85. The van der Waals surface area contributed by atoms with Crippen LogP contribution in [-0.4, -0.2) is 31.5 Å². The average molecular weight is 214 g/mol. The predicted molar refractivity (Wildman–Crippen MR) is 58.2 cm³/mol. The summed E-state index contributed by atoms with van der Waals surface area (Å²) in [4.78, 5) is 0. The fraction of sp³-hybridized carbons (Fsp3) is 1.00. The van der Waals surface area contributed by atoms with Crippen LogP contribution in [0.5, 0.6) is 0 Å². The fourth-order valence-corrected chi connectivity index (χ4v) is 2.72. The van der Waals surface area contributed by atoms with Crippen molar-refractivity contribution in [2.24, 2.45) is 11.8 Å². The Kier molecular flexibility index (Phi) is 3.61. The van der Waals surface area contributed by atoms with Gasteiger partial charge in [0.05, 0.1) is 5.60 Å². The highest BCUT2D eigenvalue weighted by atomic mass is 16.5. The van der Waals surface area contributed by atoms with Crippen molar-refractivity contribution in [1.82, 2.24) is 5.43 Å². The highest BCUT2D eigenvalue weighted by Crippen LogP contribution is 2.37. The van der Waals surface area contributed by atoms with Gasteiger partial charge < -0.3 is 9.47 Å². The van der Waals surface area contributed by atoms with Crippen molar-refractivity contribution in [2.75, 3.05) is 19.8 Å². The first-order valence-electron chi connectivity index (χ1n) is 5.94. The van der Waals surface area contributed by atoms with E-state index in [0.717, 1.165) is 45.5 Å². The normalized spacial score (nSPS) is 32.8. The third-order valence-electron chi connectivity index (χ3n) is 3.91. The van der Waals surface area contributed by atoms with Gasteiger partial charge in [0, 0.05) is 25.9 Å². The molecule has 2 rings (SSSR count). The van der Waals surface area contributed by atoms with Gasteiger partial charge in [-0.05, 0) is 38.5 Å². The molecule has 2 heterocycles. The first-order chi connectivity index (χ1) is 7.26. The molecule has 0 aromatic heterocycles. The van der Waals surface area contributed by atoms with E-state index in [1.165, 1.54) is 0 Å². The number of hydrogen-bond acceptors (Lipinski definition) is 4. The van der Waals surface area contributed by atoms with Crippen molar-refractivity contribution in [3.63, 3.8) is 0 Å². The van der Waals surface area contributed by atoms with Crippen LogP contribution in [0.15, 0.2) is 0 Å². The third-order valence-corrected chi connectivity index (χ3v) is 3.91. The molecule has 0 saturated carbocycles. The molecule has 1 spiro atoms. The lowest BCUT2D eigenvalue weighted by molar-refractivity contribution is -0.149. The minimum Gasteiger partial charge on any atom is -0.381 e. The molecule has 4 heteroatoms. The van der Waals surface area contributed by atoms with Crippen LogP contribution in [0.4, 0.5) is 0 Å². The molecule has 2 unspecified atom stereocenters. The van der Waals surface area contributed by atoms with E-state index in [1.807, 2.05) is 0 Å². The van der Waals surface area contributed by atoms with Crippen LogP contribution in [0.25, 0.3) is 0 Å². The Morgan fingerprint density at radius 2 is 2.07 bits per heavy atom. The van der Waals surface area contributed by atoms with E-state index in [0.29, 0.717) is 12.0 Å². The Balaban J connectivity index is 1.96. The number of nitrogens with two attached hydrogens (primary N) is 1. The second-order valence-electron chi connectivity index (χ2n) is 4.85. The minimum atomic E-state index is 0.0896. The quantitative estimate of drug-likeness (QED) is 0.527. The van der Waals surface area contributed by atoms with Crippen LogP contribution in [-0.2, 0) is 9.47 Å². The lowest BCUT2D eigenvalue weighted by Gasteiger charge is -2.44. The van der Waals surface area contributed by atoms with Gasteiger partial charge in [-0.2, -0.15) is 0 Å². The average Bonchev–Trinajstić information content (AvgIpc) is 2.29. The van der Waals surface area contributed by atoms with Crippen molar-refractivity contribution >= 4 is 0 Å². The highest BCUT2D eigenvalue weighted by molar-refractivity contribution is 4.91. The molecule has 0 aromatic rings. The largest absolute Gasteiger partial charge is 0.381 e. The van der Waals surface area contributed by atoms with Gasteiger partial charge in [0.15, 0.2) is 0 Å². The van der Waals surface area contributed by atoms with E-state index in [-0.39, 0.29) is 5.60 Å². The first kappa shape index (κ1) is 11.3. The van der Waals surface area contributed by atoms with E-state index < -0.39 is 0 Å². The highest BCUT2D eigenvalue weighted by Gasteiger charge is 2.40. The second kappa shape index (κ2) is 4.78. The molecule has 0 amide bonds. The maximum absolute atomic E-state index is 5.98. The molecule has 0 aliphatic carbocycles. The molecule has 15 heavy (non-hydrogen) atoms. The summed E-state index contributed by atoms with van der Waals surface area (Å²) in [6.45, 7) is 4.72. The zero-order valence-electron chi connectivity index (χ0n) is 9.50. The molecule has 2 fully saturated rings. The number of hydrogen-bond donors (Lipinski definition) is 2. The molecule has 88 valence electrons. The van der Waals surface area contributed by atoms with Crippen molar-refractivity contribution in [1.29, 1.82) is 0 Å². The number of rotatable bonds is 2. The predicted octanol–water partition coefficient (Wildman–Crippen LogP) is 0.814. The molecule has 0 aromatic carbocycles. The van der Waals surface area contributed by atoms with E-state index in [9.17, 15) is 0 Å². The molecule has 2 saturated heterocycles. The van der Waals surface area contributed by atoms with Crippen LogP contribution >= 0.6 is 0 Å². The monoisotopic (exact) mass is 214 g/mol. The zero-order valence-corrected chi connectivity index (χ0v) is 9.50. The van der Waals surface area contributed by atoms with Crippen molar-refractivity contribution in [3.8, 4) is 0 Å². The summed E-state index contributed by atoms with van der Waals surface area (Å²) >= 11 is 0. The van der Waals surface area contributed by atoms with Crippen molar-refractivity contribution < 1.29 is 9.47 Å². The van der Waals surface area contributed by atoms with Crippen LogP contribution in [0.1, 0.15) is 32.6 Å². The SMILES string of the molecule is CC(NN)C1CCOC2(CCOCC2)C1. The van der Waals surface area contributed by atoms with Gasteiger partial charge in [-0.25, -0.2) is 0 Å². The van der Waals surface area contributed by atoms with E-state index in [2.05, 4.69) is 12.3 Å². The number of ether oxygens (including phenoxy) is 2. The Morgan fingerprint density at radius 1 is 1.33 bits per heavy atom. The molecule has 4 nitrogen and oxygen atoms in total. The molecular weight excluding hydrogens is 192 g/mol. The Morgan fingerprint density at radius 3 is 2.73 bits per heavy atom. The summed E-state index contributed by atoms with van der Waals surface area (Å²) < 4.78 is 11.4. The van der Waals surface area contributed by atoms with Gasteiger partial charge in [-0.3, -0.25) is 11.3 Å². The molecule has 2 aliphatic heterocycles. The lowest BCUT2D eigenvalue weighted by Crippen LogP contribution is -2.49. The van der Waals surface area contributed by atoms with Crippen LogP contribution in [0, 0.1) is 5.92 Å². The summed E-state index contributed by atoms with van der Waals surface area (Å²) in [6, 6.07) is 0.383. The Hall–Kier alpha value is -0.160. The summed E-state index contributed by atoms with van der Waals surface area (Å²) in [5, 5.41) is 0. The number of nitrogens with one attached hydrogen (secondary N) is 1. The molecule has 0 bridgehead atoms. The van der Waals surface area contributed by atoms with Gasteiger partial charge in [0.1, 0.15) is 0 Å². The minimum absolute atomic E-state index is 0.0896. The standard InChI is InChI=1S/C11H22N2O2/c1-9(13-12)10-2-5-15-11(8-10)3-6-14-7-4-11/h9-10,13H,2-8,12H2,1H3. The summed E-state index contributed by atoms with van der Waals surface area (Å²) in [5.74, 6) is 6.15. The van der Waals surface area contributed by atoms with Crippen LogP contribution in [0.2, 0.25) is 0 Å². The maximum Gasteiger partial charge on any atom is 0.0729 e. The molecular formula is C11H22N2O2. The van der Waals surface area contributed by atoms with Gasteiger partial charge in [0.25, 0.3) is 0 Å². The van der Waals surface area contributed by atoms with Crippen molar-refractivity contribution in [3.05, 3.63) is 0 Å². The maximum atomic E-state index is 5.98. The summed E-state index contributed by atoms with van der Waals surface area (Å²) in [6.07, 6.45) is 4.33. The summed E-state index contributed by atoms with van der Waals surface area (Å²) in [7, 11) is 0.